The lowest BCUT2D eigenvalue weighted by molar-refractivity contribution is 0.193. The Morgan fingerprint density at radius 1 is 0.969 bits per heavy atom. The van der Waals surface area contributed by atoms with Crippen molar-refractivity contribution in [1.29, 1.82) is 0 Å². The summed E-state index contributed by atoms with van der Waals surface area (Å²) in [5, 5.41) is 10.2. The van der Waals surface area contributed by atoms with Crippen LogP contribution in [0.2, 0.25) is 0 Å². The highest BCUT2D eigenvalue weighted by molar-refractivity contribution is 7.89. The first-order valence-corrected chi connectivity index (χ1v) is 12.5. The van der Waals surface area contributed by atoms with E-state index in [0.717, 1.165) is 34.4 Å². The second kappa shape index (κ2) is 8.03. The maximum atomic E-state index is 13.8. The molecule has 2 aliphatic rings. The number of hydrogen-bond acceptors (Lipinski definition) is 4. The van der Waals surface area contributed by atoms with Crippen LogP contribution < -0.4 is 4.90 Å². The molecule has 2 heterocycles. The van der Waals surface area contributed by atoms with Crippen molar-refractivity contribution in [3.63, 3.8) is 0 Å². The van der Waals surface area contributed by atoms with Gasteiger partial charge in [-0.1, -0.05) is 54.6 Å². The zero-order valence-electron chi connectivity index (χ0n) is 18.3. The molecule has 1 saturated heterocycles. The molecular formula is C26H28N2O3S. The van der Waals surface area contributed by atoms with Crippen LogP contribution in [0, 0.1) is 12.8 Å². The quantitative estimate of drug-likeness (QED) is 0.649. The van der Waals surface area contributed by atoms with Crippen molar-refractivity contribution in [3.8, 4) is 11.1 Å². The molecule has 0 spiro atoms. The van der Waals surface area contributed by atoms with Gasteiger partial charge in [0.1, 0.15) is 0 Å². The highest BCUT2D eigenvalue weighted by Gasteiger charge is 2.50. The Morgan fingerprint density at radius 3 is 2.41 bits per heavy atom. The van der Waals surface area contributed by atoms with E-state index in [-0.39, 0.29) is 24.6 Å². The van der Waals surface area contributed by atoms with Crippen molar-refractivity contribution < 1.29 is 13.5 Å². The minimum absolute atomic E-state index is 0.00417. The summed E-state index contributed by atoms with van der Waals surface area (Å²) in [6.07, 6.45) is 0.723. The fourth-order valence-corrected chi connectivity index (χ4v) is 7.36. The second-order valence-electron chi connectivity index (χ2n) is 8.78. The molecule has 5 nitrogen and oxygen atoms in total. The largest absolute Gasteiger partial charge is 0.394 e. The Labute approximate surface area is 190 Å². The predicted octanol–water partition coefficient (Wildman–Crippen LogP) is 4.22. The fourth-order valence-electron chi connectivity index (χ4n) is 5.46. The summed E-state index contributed by atoms with van der Waals surface area (Å²) < 4.78 is 29.3. The Morgan fingerprint density at radius 2 is 1.69 bits per heavy atom. The van der Waals surface area contributed by atoms with E-state index in [4.69, 9.17) is 0 Å². The van der Waals surface area contributed by atoms with E-state index in [1.807, 2.05) is 44.3 Å². The van der Waals surface area contributed by atoms with Crippen LogP contribution in [0.5, 0.6) is 0 Å². The van der Waals surface area contributed by atoms with Gasteiger partial charge < -0.3 is 10.0 Å². The maximum Gasteiger partial charge on any atom is 0.243 e. The SMILES string of the molecule is Cc1ccccc1S(=O)(=O)N1CC[C@@H]2[C@H](CO)N(C)c3ccc(-c4ccccc4)cc3[C@@H]21. The molecule has 0 aromatic heterocycles. The van der Waals surface area contributed by atoms with Gasteiger partial charge in [0.05, 0.1) is 23.6 Å². The van der Waals surface area contributed by atoms with E-state index in [0.29, 0.717) is 11.4 Å². The van der Waals surface area contributed by atoms with Crippen LogP contribution in [-0.2, 0) is 10.0 Å². The van der Waals surface area contributed by atoms with Crippen LogP contribution in [-0.4, -0.2) is 44.1 Å². The van der Waals surface area contributed by atoms with Crippen molar-refractivity contribution in [2.75, 3.05) is 25.1 Å². The molecule has 166 valence electrons. The lowest BCUT2D eigenvalue weighted by Crippen LogP contribution is -2.48. The van der Waals surface area contributed by atoms with Gasteiger partial charge in [0.25, 0.3) is 0 Å². The van der Waals surface area contributed by atoms with Crippen molar-refractivity contribution in [3.05, 3.63) is 83.9 Å². The van der Waals surface area contributed by atoms with Crippen molar-refractivity contribution in [1.82, 2.24) is 4.31 Å². The van der Waals surface area contributed by atoms with E-state index < -0.39 is 10.0 Å². The zero-order chi connectivity index (χ0) is 22.5. The average Bonchev–Trinajstić information content (AvgIpc) is 3.26. The molecule has 0 amide bonds. The van der Waals surface area contributed by atoms with Gasteiger partial charge in [-0.3, -0.25) is 0 Å². The number of rotatable bonds is 4. The van der Waals surface area contributed by atoms with Crippen LogP contribution in [0.4, 0.5) is 5.69 Å². The Hall–Kier alpha value is -2.67. The van der Waals surface area contributed by atoms with Crippen LogP contribution in [0.3, 0.4) is 0 Å². The van der Waals surface area contributed by atoms with Gasteiger partial charge in [-0.15, -0.1) is 0 Å². The molecule has 5 rings (SSSR count). The van der Waals surface area contributed by atoms with Crippen LogP contribution in [0.15, 0.2) is 77.7 Å². The van der Waals surface area contributed by atoms with Crippen molar-refractivity contribution in [2.24, 2.45) is 5.92 Å². The van der Waals surface area contributed by atoms with Gasteiger partial charge in [-0.05, 0) is 53.8 Å². The Balaban J connectivity index is 1.66. The van der Waals surface area contributed by atoms with Crippen LogP contribution in [0.25, 0.3) is 11.1 Å². The van der Waals surface area contributed by atoms with Gasteiger partial charge in [-0.25, -0.2) is 8.42 Å². The number of aryl methyl sites for hydroxylation is 1. The molecule has 0 aliphatic carbocycles. The molecular weight excluding hydrogens is 420 g/mol. The summed E-state index contributed by atoms with van der Waals surface area (Å²) >= 11 is 0. The predicted molar refractivity (Wildman–Crippen MR) is 127 cm³/mol. The van der Waals surface area contributed by atoms with Crippen LogP contribution in [0.1, 0.15) is 23.6 Å². The van der Waals surface area contributed by atoms with Gasteiger partial charge in [-0.2, -0.15) is 4.31 Å². The summed E-state index contributed by atoms with van der Waals surface area (Å²) in [5.41, 5.74) is 4.92. The third-order valence-electron chi connectivity index (χ3n) is 7.09. The number of hydrogen-bond donors (Lipinski definition) is 1. The molecule has 3 aromatic rings. The van der Waals surface area contributed by atoms with Gasteiger partial charge in [0.15, 0.2) is 0 Å². The van der Waals surface area contributed by atoms with E-state index in [2.05, 4.69) is 35.2 Å². The Kier molecular flexibility index (Phi) is 5.32. The molecule has 2 aliphatic heterocycles. The third-order valence-corrected chi connectivity index (χ3v) is 9.13. The third kappa shape index (κ3) is 3.25. The summed E-state index contributed by atoms with van der Waals surface area (Å²) in [6.45, 7) is 2.29. The average molecular weight is 449 g/mol. The lowest BCUT2D eigenvalue weighted by atomic mass is 9.81. The van der Waals surface area contributed by atoms with Crippen molar-refractivity contribution >= 4 is 15.7 Å². The number of nitrogens with zero attached hydrogens (tertiary/aromatic N) is 2. The van der Waals surface area contributed by atoms with E-state index >= 15 is 0 Å². The van der Waals surface area contributed by atoms with E-state index in [9.17, 15) is 13.5 Å². The smallest absolute Gasteiger partial charge is 0.243 e. The molecule has 0 radical (unpaired) electrons. The molecule has 32 heavy (non-hydrogen) atoms. The molecule has 3 aromatic carbocycles. The molecule has 6 heteroatoms. The summed E-state index contributed by atoms with van der Waals surface area (Å²) in [5.74, 6) is 0.0299. The Bertz CT molecular complexity index is 1240. The molecule has 0 saturated carbocycles. The number of fused-ring (bicyclic) bond motifs is 3. The number of sulfonamides is 1. The van der Waals surface area contributed by atoms with Gasteiger partial charge in [0.2, 0.25) is 10.0 Å². The van der Waals surface area contributed by atoms with Gasteiger partial charge in [0, 0.05) is 25.2 Å². The molecule has 1 fully saturated rings. The van der Waals surface area contributed by atoms with Crippen molar-refractivity contribution in [2.45, 2.75) is 30.3 Å². The first-order valence-electron chi connectivity index (χ1n) is 11.0. The highest BCUT2D eigenvalue weighted by Crippen LogP contribution is 2.51. The second-order valence-corrected chi connectivity index (χ2v) is 10.6. The lowest BCUT2D eigenvalue weighted by Gasteiger charge is -2.44. The molecule has 0 unspecified atom stereocenters. The number of aliphatic hydroxyl groups excluding tert-OH is 1. The normalized spacial score (nSPS) is 23.1. The van der Waals surface area contributed by atoms with E-state index in [1.165, 1.54) is 0 Å². The monoisotopic (exact) mass is 448 g/mol. The maximum absolute atomic E-state index is 13.8. The standard InChI is InChI=1S/C26H28N2O3S/c1-18-8-6-7-11-25(18)32(30,31)28-15-14-21-24(17-29)27(2)23-13-12-20(16-22(23)26(21)28)19-9-4-3-5-10-19/h3-13,16,21,24,26,29H,14-15,17H2,1-2H3/t21-,24+,26-/m1/s1. The summed E-state index contributed by atoms with van der Waals surface area (Å²) in [7, 11) is -1.68. The first-order chi connectivity index (χ1) is 15.4. The number of likely N-dealkylation sites (N-methyl/N-ethyl adjacent to an activating group) is 1. The first kappa shape index (κ1) is 21.2. The molecule has 0 bridgehead atoms. The number of benzene rings is 3. The van der Waals surface area contributed by atoms with Gasteiger partial charge >= 0.3 is 0 Å². The highest BCUT2D eigenvalue weighted by atomic mass is 32.2. The molecule has 3 atom stereocenters. The fraction of sp³-hybridized carbons (Fsp3) is 0.308. The number of aliphatic hydroxyl groups is 1. The minimum atomic E-state index is -3.68. The number of anilines is 1. The minimum Gasteiger partial charge on any atom is -0.394 e. The topological polar surface area (TPSA) is 60.9 Å². The van der Waals surface area contributed by atoms with E-state index in [1.54, 1.807) is 16.4 Å². The summed E-state index contributed by atoms with van der Waals surface area (Å²) in [6, 6.07) is 23.2. The molecule has 1 N–H and O–H groups in total. The zero-order valence-corrected chi connectivity index (χ0v) is 19.2. The summed E-state index contributed by atoms with van der Waals surface area (Å²) in [4.78, 5) is 2.48. The van der Waals surface area contributed by atoms with Crippen LogP contribution >= 0.6 is 0 Å².